The predicted molar refractivity (Wildman–Crippen MR) is 78.2 cm³/mol. The second kappa shape index (κ2) is 5.93. The summed E-state index contributed by atoms with van der Waals surface area (Å²) in [5.74, 6) is 0.490. The minimum Gasteiger partial charge on any atom is -0.504 e. The Hall–Kier alpha value is -2.75. The van der Waals surface area contributed by atoms with Crippen molar-refractivity contribution in [2.24, 2.45) is 0 Å². The second-order valence-electron chi connectivity index (χ2n) is 4.26. The molecule has 0 aliphatic carbocycles. The van der Waals surface area contributed by atoms with Gasteiger partial charge in [0.15, 0.2) is 17.2 Å². The van der Waals surface area contributed by atoms with E-state index in [1.165, 1.54) is 12.1 Å². The first kappa shape index (κ1) is 13.7. The van der Waals surface area contributed by atoms with Gasteiger partial charge in [-0.15, -0.1) is 0 Å². The Morgan fingerprint density at radius 2 is 2.00 bits per heavy atom. The van der Waals surface area contributed by atoms with Crippen LogP contribution in [0.25, 0.3) is 0 Å². The third kappa shape index (κ3) is 3.17. The number of hydrogen-bond donors (Lipinski definition) is 2. The molecule has 0 radical (unpaired) electrons. The molecule has 1 amide bonds. The van der Waals surface area contributed by atoms with Crippen LogP contribution in [-0.2, 0) is 4.79 Å². The molecule has 2 N–H and O–H groups in total. The summed E-state index contributed by atoms with van der Waals surface area (Å²) < 4.78 is 5.64. The highest BCUT2D eigenvalue weighted by atomic mass is 16.5. The van der Waals surface area contributed by atoms with Gasteiger partial charge in [-0.05, 0) is 42.8 Å². The lowest BCUT2D eigenvalue weighted by atomic mass is 10.2. The number of amides is 1. The van der Waals surface area contributed by atoms with Crippen LogP contribution in [0.4, 0.5) is 5.69 Å². The van der Waals surface area contributed by atoms with E-state index in [1.54, 1.807) is 30.3 Å². The molecule has 0 unspecified atom stereocenters. The summed E-state index contributed by atoms with van der Waals surface area (Å²) >= 11 is 0. The van der Waals surface area contributed by atoms with Crippen molar-refractivity contribution in [2.45, 2.75) is 6.92 Å². The van der Waals surface area contributed by atoms with Gasteiger partial charge >= 0.3 is 0 Å². The smallest absolute Gasteiger partial charge is 0.247 e. The van der Waals surface area contributed by atoms with E-state index in [0.717, 1.165) is 5.56 Å². The molecule has 0 fully saturated rings. The van der Waals surface area contributed by atoms with E-state index >= 15 is 0 Å². The Morgan fingerprint density at radius 3 is 2.70 bits per heavy atom. The van der Waals surface area contributed by atoms with Crippen molar-refractivity contribution in [3.8, 4) is 17.2 Å². The Kier molecular flexibility index (Phi) is 4.05. The molecule has 0 aliphatic heterocycles. The molecule has 0 spiro atoms. The molecule has 2 rings (SSSR count). The molecular formula is C16H15NO3. The van der Waals surface area contributed by atoms with Crippen molar-refractivity contribution in [3.05, 3.63) is 60.7 Å². The SMILES string of the molecule is C=CC(=O)Nc1cc(C)ccc1Oc1ccccc1O. The molecule has 0 heterocycles. The highest BCUT2D eigenvalue weighted by Gasteiger charge is 2.09. The molecule has 4 nitrogen and oxygen atoms in total. The van der Waals surface area contributed by atoms with Gasteiger partial charge in [-0.1, -0.05) is 24.8 Å². The highest BCUT2D eigenvalue weighted by molar-refractivity contribution is 6.00. The molecule has 4 heteroatoms. The lowest BCUT2D eigenvalue weighted by molar-refractivity contribution is -0.111. The van der Waals surface area contributed by atoms with Crippen molar-refractivity contribution in [2.75, 3.05) is 5.32 Å². The third-order valence-corrected chi connectivity index (χ3v) is 2.66. The molecule has 0 bridgehead atoms. The largest absolute Gasteiger partial charge is 0.504 e. The lowest BCUT2D eigenvalue weighted by Gasteiger charge is -2.13. The molecule has 0 saturated carbocycles. The van der Waals surface area contributed by atoms with E-state index in [4.69, 9.17) is 4.74 Å². The molecule has 20 heavy (non-hydrogen) atoms. The number of para-hydroxylation sites is 2. The fourth-order valence-corrected chi connectivity index (χ4v) is 1.68. The summed E-state index contributed by atoms with van der Waals surface area (Å²) in [5.41, 5.74) is 1.51. The zero-order valence-corrected chi connectivity index (χ0v) is 11.1. The number of nitrogens with one attached hydrogen (secondary N) is 1. The number of hydrogen-bond acceptors (Lipinski definition) is 3. The van der Waals surface area contributed by atoms with Gasteiger partial charge in [0.1, 0.15) is 0 Å². The number of benzene rings is 2. The van der Waals surface area contributed by atoms with Crippen molar-refractivity contribution >= 4 is 11.6 Å². The average Bonchev–Trinajstić information content (AvgIpc) is 2.44. The van der Waals surface area contributed by atoms with E-state index in [9.17, 15) is 9.90 Å². The third-order valence-electron chi connectivity index (χ3n) is 2.66. The van der Waals surface area contributed by atoms with Crippen LogP contribution in [0.5, 0.6) is 17.2 Å². The Morgan fingerprint density at radius 1 is 1.25 bits per heavy atom. The van der Waals surface area contributed by atoms with Crippen molar-refractivity contribution < 1.29 is 14.6 Å². The first-order valence-corrected chi connectivity index (χ1v) is 6.10. The summed E-state index contributed by atoms with van der Waals surface area (Å²) in [5, 5.41) is 12.4. The number of carbonyl (C=O) groups excluding carboxylic acids is 1. The first-order chi connectivity index (χ1) is 9.60. The van der Waals surface area contributed by atoms with Gasteiger partial charge in [0.25, 0.3) is 0 Å². The number of anilines is 1. The van der Waals surface area contributed by atoms with E-state index in [1.807, 2.05) is 13.0 Å². The normalized spacial score (nSPS) is 9.85. The van der Waals surface area contributed by atoms with Gasteiger partial charge in [-0.2, -0.15) is 0 Å². The fourth-order valence-electron chi connectivity index (χ4n) is 1.68. The summed E-state index contributed by atoms with van der Waals surface area (Å²) in [6.45, 7) is 5.32. The molecule has 102 valence electrons. The highest BCUT2D eigenvalue weighted by Crippen LogP contribution is 2.34. The minimum atomic E-state index is -0.322. The van der Waals surface area contributed by atoms with Crippen molar-refractivity contribution in [3.63, 3.8) is 0 Å². The van der Waals surface area contributed by atoms with Crippen LogP contribution in [0.1, 0.15) is 5.56 Å². The molecule has 2 aromatic carbocycles. The maximum absolute atomic E-state index is 11.4. The Labute approximate surface area is 117 Å². The molecule has 0 atom stereocenters. The molecule has 2 aromatic rings. The van der Waals surface area contributed by atoms with Crippen LogP contribution >= 0.6 is 0 Å². The maximum atomic E-state index is 11.4. The zero-order chi connectivity index (χ0) is 14.5. The van der Waals surface area contributed by atoms with Gasteiger partial charge in [-0.25, -0.2) is 0 Å². The van der Waals surface area contributed by atoms with E-state index in [0.29, 0.717) is 17.2 Å². The van der Waals surface area contributed by atoms with Crippen LogP contribution in [0.2, 0.25) is 0 Å². The van der Waals surface area contributed by atoms with Gasteiger partial charge < -0.3 is 15.2 Å². The summed E-state index contributed by atoms with van der Waals surface area (Å²) in [4.78, 5) is 11.4. The topological polar surface area (TPSA) is 58.6 Å². The zero-order valence-electron chi connectivity index (χ0n) is 11.1. The van der Waals surface area contributed by atoms with Crippen LogP contribution in [0.3, 0.4) is 0 Å². The molecular weight excluding hydrogens is 254 g/mol. The average molecular weight is 269 g/mol. The van der Waals surface area contributed by atoms with E-state index in [2.05, 4.69) is 11.9 Å². The molecule has 0 aromatic heterocycles. The van der Waals surface area contributed by atoms with E-state index in [-0.39, 0.29) is 11.7 Å². The van der Waals surface area contributed by atoms with Crippen LogP contribution in [0.15, 0.2) is 55.1 Å². The number of carbonyl (C=O) groups is 1. The van der Waals surface area contributed by atoms with Gasteiger partial charge in [0.2, 0.25) is 5.91 Å². The second-order valence-corrected chi connectivity index (χ2v) is 4.26. The maximum Gasteiger partial charge on any atom is 0.247 e. The van der Waals surface area contributed by atoms with Crippen molar-refractivity contribution in [1.82, 2.24) is 0 Å². The van der Waals surface area contributed by atoms with Gasteiger partial charge in [0.05, 0.1) is 5.69 Å². The standard InChI is InChI=1S/C16H15NO3/c1-3-16(19)17-12-10-11(2)8-9-14(12)20-15-7-5-4-6-13(15)18/h3-10,18H,1H2,2H3,(H,17,19). The number of rotatable bonds is 4. The molecule has 0 saturated heterocycles. The molecule has 0 aliphatic rings. The number of ether oxygens (including phenoxy) is 1. The monoisotopic (exact) mass is 269 g/mol. The predicted octanol–water partition coefficient (Wildman–Crippen LogP) is 3.62. The summed E-state index contributed by atoms with van der Waals surface area (Å²) in [7, 11) is 0. The van der Waals surface area contributed by atoms with E-state index < -0.39 is 0 Å². The van der Waals surface area contributed by atoms with Crippen molar-refractivity contribution in [1.29, 1.82) is 0 Å². The number of aryl methyl sites for hydroxylation is 1. The first-order valence-electron chi connectivity index (χ1n) is 6.10. The van der Waals surface area contributed by atoms with Crippen LogP contribution < -0.4 is 10.1 Å². The minimum absolute atomic E-state index is 0.0362. The van der Waals surface area contributed by atoms with Crippen LogP contribution in [-0.4, -0.2) is 11.0 Å². The van der Waals surface area contributed by atoms with Crippen LogP contribution in [0, 0.1) is 6.92 Å². The summed E-state index contributed by atoms with van der Waals surface area (Å²) in [6.07, 6.45) is 1.19. The Balaban J connectivity index is 2.34. The van der Waals surface area contributed by atoms with Gasteiger partial charge in [0, 0.05) is 0 Å². The fraction of sp³-hybridized carbons (Fsp3) is 0.0625. The Bertz CT molecular complexity index is 650. The quantitative estimate of drug-likeness (QED) is 0.833. The number of aromatic hydroxyl groups is 1. The number of phenols is 1. The number of phenolic OH excluding ortho intramolecular Hbond substituents is 1. The summed E-state index contributed by atoms with van der Waals surface area (Å²) in [6, 6.07) is 12.0. The van der Waals surface area contributed by atoms with Gasteiger partial charge in [-0.3, -0.25) is 4.79 Å². The lowest BCUT2D eigenvalue weighted by Crippen LogP contribution is -2.08.